The van der Waals surface area contributed by atoms with Gasteiger partial charge in [0.1, 0.15) is 11.6 Å². The molecule has 1 heterocycles. The van der Waals surface area contributed by atoms with E-state index in [4.69, 9.17) is 5.73 Å². The first-order valence-electron chi connectivity index (χ1n) is 5.48. The summed E-state index contributed by atoms with van der Waals surface area (Å²) in [5.74, 6) is -0.332. The van der Waals surface area contributed by atoms with E-state index >= 15 is 0 Å². The molecule has 2 rings (SSSR count). The Morgan fingerprint density at radius 1 is 1.47 bits per heavy atom. The third-order valence-corrected chi connectivity index (χ3v) is 3.35. The van der Waals surface area contributed by atoms with Crippen molar-refractivity contribution < 1.29 is 9.50 Å². The van der Waals surface area contributed by atoms with Gasteiger partial charge in [-0.15, -0.1) is 0 Å². The molecule has 1 atom stereocenters. The molecule has 1 aromatic carbocycles. The molecule has 0 unspecified atom stereocenters. The smallest absolute Gasteiger partial charge is 0.253 e. The molecule has 19 heavy (non-hydrogen) atoms. The Morgan fingerprint density at radius 3 is 2.84 bits per heavy atom. The lowest BCUT2D eigenvalue weighted by molar-refractivity contribution is 0.196. The second-order valence-corrected chi connectivity index (χ2v) is 4.97. The van der Waals surface area contributed by atoms with Crippen molar-refractivity contribution in [3.8, 4) is 0 Å². The maximum Gasteiger partial charge on any atom is 0.253 e. The van der Waals surface area contributed by atoms with Crippen LogP contribution in [0.1, 0.15) is 18.6 Å². The summed E-state index contributed by atoms with van der Waals surface area (Å²) in [5.41, 5.74) is 5.54. The van der Waals surface area contributed by atoms with Crippen LogP contribution in [0.2, 0.25) is 0 Å². The largest absolute Gasteiger partial charge is 0.389 e. The molecule has 4 N–H and O–H groups in total. The van der Waals surface area contributed by atoms with E-state index in [1.54, 1.807) is 0 Å². The lowest BCUT2D eigenvalue weighted by atomic mass is 10.1. The van der Waals surface area contributed by atoms with Crippen LogP contribution in [-0.4, -0.2) is 15.1 Å². The molecule has 0 aliphatic carbocycles. The van der Waals surface area contributed by atoms with Crippen LogP contribution in [-0.2, 0) is 0 Å². The molecule has 0 spiro atoms. The van der Waals surface area contributed by atoms with Gasteiger partial charge in [0, 0.05) is 11.0 Å². The van der Waals surface area contributed by atoms with Gasteiger partial charge in [-0.2, -0.15) is 0 Å². The van der Waals surface area contributed by atoms with Gasteiger partial charge in [-0.25, -0.2) is 9.37 Å². The van der Waals surface area contributed by atoms with Crippen molar-refractivity contribution in [2.24, 2.45) is 0 Å². The number of nitrogens with one attached hydrogen (secondary N) is 1. The van der Waals surface area contributed by atoms with E-state index in [0.717, 1.165) is 11.8 Å². The number of aromatic amines is 1. The average molecular weight is 281 g/mol. The minimum atomic E-state index is -0.828. The van der Waals surface area contributed by atoms with Gasteiger partial charge in [0.2, 0.25) is 0 Å². The number of aliphatic hydroxyl groups is 1. The second-order valence-electron chi connectivity index (χ2n) is 3.94. The minimum absolute atomic E-state index is 0.104. The number of nitrogen functional groups attached to an aromatic ring is 1. The summed E-state index contributed by atoms with van der Waals surface area (Å²) in [6, 6.07) is 5.21. The fourth-order valence-electron chi connectivity index (χ4n) is 1.54. The molecule has 0 fully saturated rings. The molecule has 0 saturated carbocycles. The van der Waals surface area contributed by atoms with Gasteiger partial charge in [-0.3, -0.25) is 4.79 Å². The number of hydrogen-bond acceptors (Lipinski definition) is 5. The summed E-state index contributed by atoms with van der Waals surface area (Å²) in [6.07, 6.45) is -0.828. The summed E-state index contributed by atoms with van der Waals surface area (Å²) >= 11 is 1.11. The molecule has 0 saturated heterocycles. The van der Waals surface area contributed by atoms with E-state index < -0.39 is 11.9 Å². The molecule has 100 valence electrons. The van der Waals surface area contributed by atoms with E-state index in [9.17, 15) is 14.3 Å². The number of anilines is 1. The van der Waals surface area contributed by atoms with Gasteiger partial charge >= 0.3 is 0 Å². The van der Waals surface area contributed by atoms with Crippen LogP contribution in [0, 0.1) is 5.82 Å². The maximum atomic E-state index is 13.2. The number of hydrogen-bond donors (Lipinski definition) is 3. The summed E-state index contributed by atoms with van der Waals surface area (Å²) in [5, 5.41) is 9.91. The van der Waals surface area contributed by atoms with E-state index in [0.29, 0.717) is 15.6 Å². The Bertz CT molecular complexity index is 658. The Balaban J connectivity index is 2.40. The predicted molar refractivity (Wildman–Crippen MR) is 70.4 cm³/mol. The van der Waals surface area contributed by atoms with Crippen molar-refractivity contribution in [2.75, 3.05) is 5.73 Å². The zero-order valence-corrected chi connectivity index (χ0v) is 10.9. The second kappa shape index (κ2) is 5.41. The summed E-state index contributed by atoms with van der Waals surface area (Å²) in [6.45, 7) is 1.54. The Kier molecular flexibility index (Phi) is 3.87. The van der Waals surface area contributed by atoms with Gasteiger partial charge < -0.3 is 15.8 Å². The molecule has 2 aromatic rings. The molecular weight excluding hydrogens is 269 g/mol. The maximum absolute atomic E-state index is 13.2. The molecule has 5 nitrogen and oxygen atoms in total. The lowest BCUT2D eigenvalue weighted by Gasteiger charge is -2.11. The van der Waals surface area contributed by atoms with Gasteiger partial charge in [0.15, 0.2) is 5.16 Å². The third kappa shape index (κ3) is 3.33. The number of aliphatic hydroxyl groups excluding tert-OH is 1. The predicted octanol–water partition coefficient (Wildman–Crippen LogP) is 1.70. The van der Waals surface area contributed by atoms with E-state index in [-0.39, 0.29) is 11.4 Å². The summed E-state index contributed by atoms with van der Waals surface area (Å²) < 4.78 is 13.2. The van der Waals surface area contributed by atoms with Crippen LogP contribution in [0.15, 0.2) is 39.1 Å². The molecule has 0 radical (unpaired) electrons. The van der Waals surface area contributed by atoms with E-state index in [2.05, 4.69) is 9.97 Å². The monoisotopic (exact) mass is 281 g/mol. The number of H-pyrrole nitrogens is 1. The normalized spacial score (nSPS) is 12.4. The molecule has 0 bridgehead atoms. The van der Waals surface area contributed by atoms with Crippen molar-refractivity contribution in [3.05, 3.63) is 46.0 Å². The Morgan fingerprint density at radius 2 is 2.21 bits per heavy atom. The number of rotatable bonds is 3. The number of halogens is 1. The highest BCUT2D eigenvalue weighted by Gasteiger charge is 2.12. The van der Waals surface area contributed by atoms with Crippen LogP contribution in [0.5, 0.6) is 0 Å². The van der Waals surface area contributed by atoms with Crippen LogP contribution in [0.3, 0.4) is 0 Å². The molecule has 0 aliphatic rings. The van der Waals surface area contributed by atoms with Gasteiger partial charge in [-0.1, -0.05) is 11.8 Å². The van der Waals surface area contributed by atoms with Crippen LogP contribution >= 0.6 is 11.8 Å². The van der Waals surface area contributed by atoms with Crippen molar-refractivity contribution >= 4 is 17.6 Å². The first-order chi connectivity index (χ1) is 8.95. The lowest BCUT2D eigenvalue weighted by Crippen LogP contribution is -2.09. The number of benzene rings is 1. The molecule has 1 aromatic heterocycles. The number of aromatic nitrogens is 2. The third-order valence-electron chi connectivity index (χ3n) is 2.37. The molecular formula is C12H12FN3O2S. The van der Waals surface area contributed by atoms with Crippen LogP contribution in [0.4, 0.5) is 10.2 Å². The van der Waals surface area contributed by atoms with Crippen molar-refractivity contribution in [2.45, 2.75) is 23.1 Å². The van der Waals surface area contributed by atoms with Crippen molar-refractivity contribution in [1.29, 1.82) is 0 Å². The first kappa shape index (κ1) is 13.6. The molecule has 0 aliphatic heterocycles. The summed E-state index contributed by atoms with van der Waals surface area (Å²) in [7, 11) is 0. The van der Waals surface area contributed by atoms with E-state index in [1.165, 1.54) is 31.2 Å². The van der Waals surface area contributed by atoms with E-state index in [1.807, 2.05) is 0 Å². The van der Waals surface area contributed by atoms with Crippen LogP contribution in [0.25, 0.3) is 0 Å². The Hall–Kier alpha value is -1.86. The number of nitrogens with zero attached hydrogens (tertiary/aromatic N) is 1. The van der Waals surface area contributed by atoms with Crippen molar-refractivity contribution in [1.82, 2.24) is 9.97 Å². The van der Waals surface area contributed by atoms with Crippen LogP contribution < -0.4 is 11.3 Å². The topological polar surface area (TPSA) is 92.0 Å². The molecule has 7 heteroatoms. The molecule has 0 amide bonds. The zero-order valence-electron chi connectivity index (χ0n) is 10.1. The number of nitrogens with two attached hydrogens (primary N) is 1. The SMILES string of the molecule is C[C@@H](O)c1cc(F)ccc1Sc1nc(N)cc(=O)[nH]1. The fraction of sp³-hybridized carbons (Fsp3) is 0.167. The summed E-state index contributed by atoms with van der Waals surface area (Å²) in [4.78, 5) is 18.4. The highest BCUT2D eigenvalue weighted by Crippen LogP contribution is 2.31. The van der Waals surface area contributed by atoms with Crippen molar-refractivity contribution in [3.63, 3.8) is 0 Å². The van der Waals surface area contributed by atoms with Gasteiger partial charge in [0.25, 0.3) is 5.56 Å². The first-order valence-corrected chi connectivity index (χ1v) is 6.29. The fourth-order valence-corrected chi connectivity index (χ4v) is 2.54. The standard InChI is InChI=1S/C12H12FN3O2S/c1-6(17)8-4-7(13)2-3-9(8)19-12-15-10(14)5-11(18)16-12/h2-6,17H,1H3,(H3,14,15,16,18)/t6-/m1/s1. The average Bonchev–Trinajstić information content (AvgIpc) is 2.30. The zero-order chi connectivity index (χ0) is 14.0. The van der Waals surface area contributed by atoms with Gasteiger partial charge in [-0.05, 0) is 30.7 Å². The quantitative estimate of drug-likeness (QED) is 0.745. The minimum Gasteiger partial charge on any atom is -0.389 e. The highest BCUT2D eigenvalue weighted by molar-refractivity contribution is 7.99. The Labute approximate surface area is 112 Å². The van der Waals surface area contributed by atoms with Gasteiger partial charge in [0.05, 0.1) is 6.10 Å². The highest BCUT2D eigenvalue weighted by atomic mass is 32.2.